The van der Waals surface area contributed by atoms with Crippen LogP contribution in [0.1, 0.15) is 5.82 Å². The number of esters is 1. The molecule has 136 valence electrons. The molecule has 0 unspecified atom stereocenters. The molecule has 9 nitrogen and oxygen atoms in total. The number of aromatic nitrogens is 6. The number of imidazole rings is 1. The zero-order chi connectivity index (χ0) is 18.8. The Labute approximate surface area is 157 Å². The van der Waals surface area contributed by atoms with E-state index in [4.69, 9.17) is 4.74 Å². The highest BCUT2D eigenvalue weighted by molar-refractivity contribution is 7.99. The zero-order valence-electron chi connectivity index (χ0n) is 14.2. The number of ether oxygens (including phenoxy) is 1. The van der Waals surface area contributed by atoms with Gasteiger partial charge >= 0.3 is 5.97 Å². The molecule has 0 spiro atoms. The van der Waals surface area contributed by atoms with Crippen LogP contribution in [0.25, 0.3) is 22.4 Å². The number of methoxy groups -OCH3 is 1. The van der Waals surface area contributed by atoms with Crippen molar-refractivity contribution >= 4 is 40.1 Å². The Balaban J connectivity index is 1.65. The van der Waals surface area contributed by atoms with Crippen LogP contribution in [0.2, 0.25) is 0 Å². The van der Waals surface area contributed by atoms with Crippen LogP contribution in [0.3, 0.4) is 0 Å². The maximum Gasteiger partial charge on any atom is 0.345 e. The molecule has 10 heteroatoms. The Morgan fingerprint density at radius 2 is 2.15 bits per heavy atom. The van der Waals surface area contributed by atoms with Gasteiger partial charge in [0, 0.05) is 12.4 Å². The number of thioether (sulfide) groups is 1. The Bertz CT molecular complexity index is 1100. The Kier molecular flexibility index (Phi) is 4.47. The number of hydrogen-bond donors (Lipinski definition) is 2. The van der Waals surface area contributed by atoms with Gasteiger partial charge in [-0.25, -0.2) is 19.3 Å². The van der Waals surface area contributed by atoms with Crippen molar-refractivity contribution in [2.45, 2.75) is 5.16 Å². The van der Waals surface area contributed by atoms with E-state index in [1.807, 2.05) is 24.3 Å². The fraction of sp³-hybridized carbons (Fsp3) is 0.118. The van der Waals surface area contributed by atoms with Crippen molar-refractivity contribution in [3.05, 3.63) is 54.3 Å². The summed E-state index contributed by atoms with van der Waals surface area (Å²) in [7, 11) is 1.25. The fourth-order valence-electron chi connectivity index (χ4n) is 2.50. The quantitative estimate of drug-likeness (QED) is 0.233. The van der Waals surface area contributed by atoms with E-state index in [1.54, 1.807) is 18.5 Å². The molecule has 0 atom stereocenters. The smallest absolute Gasteiger partial charge is 0.345 e. The molecule has 0 saturated carbocycles. The van der Waals surface area contributed by atoms with E-state index in [-0.39, 0.29) is 22.9 Å². The lowest BCUT2D eigenvalue weighted by molar-refractivity contribution is -0.133. The number of nitrogens with zero attached hydrogens (tertiary/aromatic N) is 5. The second kappa shape index (κ2) is 7.08. The molecule has 3 aromatic heterocycles. The van der Waals surface area contributed by atoms with E-state index < -0.39 is 5.97 Å². The van der Waals surface area contributed by atoms with E-state index in [2.05, 4.69) is 25.0 Å². The number of aliphatic hydroxyl groups excluding tert-OH is 1. The number of nitrogens with one attached hydrogen (secondary N) is 1. The predicted molar refractivity (Wildman–Crippen MR) is 99.2 cm³/mol. The summed E-state index contributed by atoms with van der Waals surface area (Å²) in [4.78, 5) is 28.0. The Morgan fingerprint density at radius 3 is 2.93 bits per heavy atom. The first-order valence-corrected chi connectivity index (χ1v) is 8.90. The highest BCUT2D eigenvalue weighted by Crippen LogP contribution is 2.24. The molecule has 0 bridgehead atoms. The zero-order valence-corrected chi connectivity index (χ0v) is 15.0. The summed E-state index contributed by atoms with van der Waals surface area (Å²) in [5, 5.41) is 15.2. The third-order valence-corrected chi connectivity index (χ3v) is 4.59. The second-order valence-corrected chi connectivity index (χ2v) is 6.41. The third-order valence-electron chi connectivity index (χ3n) is 3.74. The van der Waals surface area contributed by atoms with Gasteiger partial charge in [0.05, 0.1) is 23.9 Å². The lowest BCUT2D eigenvalue weighted by atomic mass is 10.2. The minimum Gasteiger partial charge on any atom is -0.510 e. The lowest BCUT2D eigenvalue weighted by Gasteiger charge is -2.06. The normalized spacial score (nSPS) is 12.3. The number of carbonyl (C=O) groups is 1. The number of aromatic amines is 1. The number of aliphatic hydroxyl groups is 1. The highest BCUT2D eigenvalue weighted by atomic mass is 32.2. The Hall–Kier alpha value is -3.40. The summed E-state index contributed by atoms with van der Waals surface area (Å²) in [5.41, 5.74) is 1.41. The first-order chi connectivity index (χ1) is 13.2. The number of benzene rings is 1. The molecule has 4 aromatic rings. The van der Waals surface area contributed by atoms with Gasteiger partial charge in [-0.1, -0.05) is 23.9 Å². The summed E-state index contributed by atoms with van der Waals surface area (Å²) in [6.45, 7) is 0. The summed E-state index contributed by atoms with van der Waals surface area (Å²) < 4.78 is 6.34. The molecule has 3 heterocycles. The van der Waals surface area contributed by atoms with Crippen LogP contribution < -0.4 is 0 Å². The molecule has 4 rings (SSSR count). The third kappa shape index (κ3) is 3.34. The van der Waals surface area contributed by atoms with E-state index >= 15 is 0 Å². The number of fused-ring (bicyclic) bond motifs is 2. The SMILES string of the molecule is COC(=O)/C(=C(/O)CSc1nc2ncccn2n1)c1nc2ccccc2[nH]1. The first-order valence-electron chi connectivity index (χ1n) is 7.91. The largest absolute Gasteiger partial charge is 0.510 e. The summed E-state index contributed by atoms with van der Waals surface area (Å²) in [6.07, 6.45) is 3.34. The van der Waals surface area contributed by atoms with Gasteiger partial charge in [-0.05, 0) is 18.2 Å². The molecule has 0 aliphatic rings. The van der Waals surface area contributed by atoms with E-state index in [9.17, 15) is 9.90 Å². The average molecular weight is 382 g/mol. The van der Waals surface area contributed by atoms with Gasteiger partial charge < -0.3 is 14.8 Å². The second-order valence-electron chi connectivity index (χ2n) is 5.46. The fourth-order valence-corrected chi connectivity index (χ4v) is 3.21. The van der Waals surface area contributed by atoms with Gasteiger partial charge in [0.25, 0.3) is 5.78 Å². The molecule has 0 radical (unpaired) electrons. The maximum atomic E-state index is 12.2. The minimum absolute atomic E-state index is 0.0249. The molecule has 0 aliphatic carbocycles. The van der Waals surface area contributed by atoms with E-state index in [0.29, 0.717) is 16.5 Å². The number of rotatable bonds is 5. The van der Waals surface area contributed by atoms with Gasteiger partial charge in [-0.2, -0.15) is 4.98 Å². The van der Waals surface area contributed by atoms with Crippen LogP contribution in [-0.4, -0.2) is 53.5 Å². The van der Waals surface area contributed by atoms with Crippen LogP contribution in [0.15, 0.2) is 53.6 Å². The molecule has 2 N–H and O–H groups in total. The lowest BCUT2D eigenvalue weighted by Crippen LogP contribution is -2.09. The van der Waals surface area contributed by atoms with Crippen LogP contribution >= 0.6 is 11.8 Å². The molecule has 0 amide bonds. The van der Waals surface area contributed by atoms with Crippen molar-refractivity contribution in [3.63, 3.8) is 0 Å². The predicted octanol–water partition coefficient (Wildman–Crippen LogP) is 2.23. The Morgan fingerprint density at radius 1 is 1.30 bits per heavy atom. The standard InChI is InChI=1S/C17H14N6O3S/c1-26-15(25)13(14-19-10-5-2-3-6-11(10)20-14)12(24)9-27-17-21-16-18-7-4-8-23(16)22-17/h2-8,24H,9H2,1H3,(H,19,20)/b13-12+. The molecule has 0 fully saturated rings. The van der Waals surface area contributed by atoms with Crippen molar-refractivity contribution in [1.82, 2.24) is 29.5 Å². The molecule has 1 aromatic carbocycles. The van der Waals surface area contributed by atoms with Crippen molar-refractivity contribution in [3.8, 4) is 0 Å². The van der Waals surface area contributed by atoms with Gasteiger partial charge in [-0.3, -0.25) is 0 Å². The topological polar surface area (TPSA) is 118 Å². The van der Waals surface area contributed by atoms with Crippen molar-refractivity contribution in [2.75, 3.05) is 12.9 Å². The first kappa shape index (κ1) is 17.0. The molecular formula is C17H14N6O3S. The van der Waals surface area contributed by atoms with Crippen molar-refractivity contribution in [1.29, 1.82) is 0 Å². The molecule has 0 saturated heterocycles. The molecule has 0 aliphatic heterocycles. The maximum absolute atomic E-state index is 12.2. The minimum atomic E-state index is -0.684. The van der Waals surface area contributed by atoms with Crippen LogP contribution in [0.4, 0.5) is 0 Å². The average Bonchev–Trinajstić information content (AvgIpc) is 3.29. The van der Waals surface area contributed by atoms with Gasteiger partial charge in [0.1, 0.15) is 17.2 Å². The highest BCUT2D eigenvalue weighted by Gasteiger charge is 2.22. The number of carbonyl (C=O) groups excluding carboxylic acids is 1. The summed E-state index contributed by atoms with van der Waals surface area (Å²) in [5.74, 6) is -0.104. The molecule has 27 heavy (non-hydrogen) atoms. The van der Waals surface area contributed by atoms with Gasteiger partial charge in [0.15, 0.2) is 0 Å². The number of H-pyrrole nitrogens is 1. The van der Waals surface area contributed by atoms with E-state index in [1.165, 1.54) is 23.4 Å². The van der Waals surface area contributed by atoms with Crippen LogP contribution in [-0.2, 0) is 9.53 Å². The van der Waals surface area contributed by atoms with Crippen molar-refractivity contribution in [2.24, 2.45) is 0 Å². The summed E-state index contributed by atoms with van der Waals surface area (Å²) in [6, 6.07) is 9.08. The monoisotopic (exact) mass is 382 g/mol. The number of hydrogen-bond acceptors (Lipinski definition) is 8. The van der Waals surface area contributed by atoms with Gasteiger partial charge in [0.2, 0.25) is 5.16 Å². The number of para-hydroxylation sites is 2. The van der Waals surface area contributed by atoms with Crippen LogP contribution in [0.5, 0.6) is 0 Å². The molecular weight excluding hydrogens is 368 g/mol. The van der Waals surface area contributed by atoms with Crippen LogP contribution in [0, 0.1) is 0 Å². The summed E-state index contributed by atoms with van der Waals surface area (Å²) >= 11 is 1.17. The van der Waals surface area contributed by atoms with E-state index in [0.717, 1.165) is 5.52 Å². The van der Waals surface area contributed by atoms with Gasteiger partial charge in [-0.15, -0.1) is 5.10 Å². The van der Waals surface area contributed by atoms with Crippen molar-refractivity contribution < 1.29 is 14.6 Å².